The maximum Gasteiger partial charge on any atom is 0.122 e. The molecule has 0 aromatic carbocycles. The number of hydrogen-bond acceptors (Lipinski definition) is 3. The van der Waals surface area contributed by atoms with Gasteiger partial charge in [0.15, 0.2) is 0 Å². The van der Waals surface area contributed by atoms with Crippen LogP contribution in [0.3, 0.4) is 0 Å². The number of rotatable bonds is 3. The van der Waals surface area contributed by atoms with Gasteiger partial charge in [0.2, 0.25) is 0 Å². The molecule has 1 N–H and O–H groups in total. The van der Waals surface area contributed by atoms with E-state index in [0.717, 1.165) is 48.4 Å². The summed E-state index contributed by atoms with van der Waals surface area (Å²) in [5.74, 6) is 0.839. The number of ether oxygens (including phenoxy) is 1. The van der Waals surface area contributed by atoms with Crippen LogP contribution >= 0.6 is 0 Å². The molecule has 4 heteroatoms. The molecule has 1 unspecified atom stereocenters. The van der Waals surface area contributed by atoms with E-state index in [0.29, 0.717) is 6.54 Å². The van der Waals surface area contributed by atoms with Crippen LogP contribution in [0.15, 0.2) is 24.5 Å². The van der Waals surface area contributed by atoms with Crippen LogP contribution in [0.1, 0.15) is 47.9 Å². The molecule has 0 radical (unpaired) electrons. The number of hydrogen-bond donors (Lipinski definition) is 1. The average molecular weight is 286 g/mol. The van der Waals surface area contributed by atoms with Crippen molar-refractivity contribution in [2.45, 2.75) is 45.3 Å². The second-order valence-corrected chi connectivity index (χ2v) is 5.81. The first kappa shape index (κ1) is 14.1. The Morgan fingerprint density at radius 2 is 2.19 bits per heavy atom. The van der Waals surface area contributed by atoms with Crippen molar-refractivity contribution in [1.82, 2.24) is 9.55 Å². The smallest absolute Gasteiger partial charge is 0.122 e. The molecule has 3 rings (SSSR count). The second-order valence-electron chi connectivity index (χ2n) is 5.81. The molecule has 2 aromatic rings. The Balaban J connectivity index is 1.85. The highest BCUT2D eigenvalue weighted by Crippen LogP contribution is 2.29. The molecule has 21 heavy (non-hydrogen) atoms. The van der Waals surface area contributed by atoms with Crippen LogP contribution in [-0.2, 0) is 13.0 Å². The van der Waals surface area contributed by atoms with Crippen molar-refractivity contribution >= 4 is 0 Å². The largest absolute Gasteiger partial charge is 0.497 e. The van der Waals surface area contributed by atoms with Crippen molar-refractivity contribution < 1.29 is 9.84 Å². The third-order valence-electron chi connectivity index (χ3n) is 4.09. The Morgan fingerprint density at radius 1 is 1.33 bits per heavy atom. The van der Waals surface area contributed by atoms with Gasteiger partial charge in [0.05, 0.1) is 25.5 Å². The van der Waals surface area contributed by atoms with E-state index >= 15 is 0 Å². The fraction of sp³-hybridized carbons (Fsp3) is 0.471. The van der Waals surface area contributed by atoms with Gasteiger partial charge in [0.1, 0.15) is 5.75 Å². The van der Waals surface area contributed by atoms with E-state index in [1.807, 2.05) is 19.1 Å². The second kappa shape index (κ2) is 5.90. The van der Waals surface area contributed by atoms with Gasteiger partial charge in [-0.1, -0.05) is 6.42 Å². The van der Waals surface area contributed by atoms with E-state index in [4.69, 9.17) is 4.74 Å². The number of aromatic nitrogens is 2. The van der Waals surface area contributed by atoms with Crippen molar-refractivity contribution in [3.8, 4) is 5.75 Å². The van der Waals surface area contributed by atoms with Crippen molar-refractivity contribution in [2.75, 3.05) is 7.11 Å². The molecule has 2 aromatic heterocycles. The van der Waals surface area contributed by atoms with Gasteiger partial charge in [-0.25, -0.2) is 0 Å². The van der Waals surface area contributed by atoms with Crippen LogP contribution in [0.4, 0.5) is 0 Å². The minimum absolute atomic E-state index is 0.316. The Hall–Kier alpha value is -1.81. The lowest BCUT2D eigenvalue weighted by molar-refractivity contribution is 0.166. The number of aliphatic hydroxyl groups is 1. The minimum Gasteiger partial charge on any atom is -0.497 e. The molecular formula is C17H22N2O2. The van der Waals surface area contributed by atoms with Gasteiger partial charge < -0.3 is 14.4 Å². The summed E-state index contributed by atoms with van der Waals surface area (Å²) in [6.07, 6.45) is 8.10. The molecule has 1 atom stereocenters. The summed E-state index contributed by atoms with van der Waals surface area (Å²) in [4.78, 5) is 4.56. The predicted molar refractivity (Wildman–Crippen MR) is 81.6 cm³/mol. The number of fused-ring (bicyclic) bond motifs is 1. The molecule has 0 fully saturated rings. The van der Waals surface area contributed by atoms with E-state index in [1.54, 1.807) is 7.11 Å². The summed E-state index contributed by atoms with van der Waals surface area (Å²) in [6, 6.07) is 3.90. The zero-order valence-electron chi connectivity index (χ0n) is 12.7. The highest BCUT2D eigenvalue weighted by atomic mass is 16.5. The van der Waals surface area contributed by atoms with Crippen LogP contribution in [-0.4, -0.2) is 21.8 Å². The normalized spacial score (nSPS) is 18.1. The highest BCUT2D eigenvalue weighted by Gasteiger charge is 2.18. The summed E-state index contributed by atoms with van der Waals surface area (Å²) in [5.41, 5.74) is 4.30. The molecular weight excluding hydrogens is 264 g/mol. The first-order chi connectivity index (χ1) is 10.2. The monoisotopic (exact) mass is 286 g/mol. The molecule has 0 bridgehead atoms. The lowest BCUT2D eigenvalue weighted by Gasteiger charge is -2.08. The molecule has 1 aliphatic rings. The van der Waals surface area contributed by atoms with Crippen molar-refractivity contribution in [2.24, 2.45) is 0 Å². The molecule has 4 nitrogen and oxygen atoms in total. The summed E-state index contributed by atoms with van der Waals surface area (Å²) >= 11 is 0. The lowest BCUT2D eigenvalue weighted by Crippen LogP contribution is -2.02. The van der Waals surface area contributed by atoms with Crippen LogP contribution in [0.2, 0.25) is 0 Å². The molecule has 0 amide bonds. The fourth-order valence-electron chi connectivity index (χ4n) is 3.07. The predicted octanol–water partition coefficient (Wildman–Crippen LogP) is 3.01. The quantitative estimate of drug-likeness (QED) is 0.882. The Bertz CT molecular complexity index is 634. The molecule has 112 valence electrons. The molecule has 1 aliphatic carbocycles. The Morgan fingerprint density at radius 3 is 3.00 bits per heavy atom. The topological polar surface area (TPSA) is 47.3 Å². The molecule has 0 spiro atoms. The first-order valence-electron chi connectivity index (χ1n) is 7.54. The summed E-state index contributed by atoms with van der Waals surface area (Å²) in [7, 11) is 1.67. The summed E-state index contributed by atoms with van der Waals surface area (Å²) in [5, 5.41) is 10.2. The van der Waals surface area contributed by atoms with Crippen LogP contribution in [0.5, 0.6) is 5.75 Å². The van der Waals surface area contributed by atoms with Crippen LogP contribution in [0.25, 0.3) is 0 Å². The molecule has 0 saturated heterocycles. The molecule has 0 saturated carbocycles. The number of aliphatic hydroxyl groups excluding tert-OH is 1. The van der Waals surface area contributed by atoms with E-state index < -0.39 is 0 Å². The number of aryl methyl sites for hydroxylation is 2. The van der Waals surface area contributed by atoms with Crippen molar-refractivity contribution in [3.05, 3.63) is 47.0 Å². The Kier molecular flexibility index (Phi) is 3.97. The Labute approximate surface area is 125 Å². The highest BCUT2D eigenvalue weighted by molar-refractivity contribution is 5.30. The SMILES string of the molecule is COc1cc(C)nc(Cn2cc3c(c2)C(O)CCCC3)c1. The van der Waals surface area contributed by atoms with E-state index in [9.17, 15) is 5.11 Å². The average Bonchev–Trinajstić information content (AvgIpc) is 2.77. The van der Waals surface area contributed by atoms with Gasteiger partial charge in [-0.05, 0) is 31.7 Å². The third-order valence-corrected chi connectivity index (χ3v) is 4.09. The van der Waals surface area contributed by atoms with Crippen LogP contribution in [0, 0.1) is 6.92 Å². The van der Waals surface area contributed by atoms with E-state index in [-0.39, 0.29) is 6.10 Å². The van der Waals surface area contributed by atoms with Gasteiger partial charge >= 0.3 is 0 Å². The van der Waals surface area contributed by atoms with Gasteiger partial charge in [0.25, 0.3) is 0 Å². The summed E-state index contributed by atoms with van der Waals surface area (Å²) < 4.78 is 7.42. The number of pyridine rings is 1. The maximum atomic E-state index is 10.2. The zero-order valence-corrected chi connectivity index (χ0v) is 12.7. The zero-order chi connectivity index (χ0) is 14.8. The summed E-state index contributed by atoms with van der Waals surface area (Å²) in [6.45, 7) is 2.68. The maximum absolute atomic E-state index is 10.2. The molecule has 0 aliphatic heterocycles. The fourth-order valence-corrected chi connectivity index (χ4v) is 3.07. The van der Waals surface area contributed by atoms with Gasteiger partial charge in [0, 0.05) is 35.8 Å². The van der Waals surface area contributed by atoms with Crippen molar-refractivity contribution in [3.63, 3.8) is 0 Å². The van der Waals surface area contributed by atoms with E-state index in [2.05, 4.69) is 21.9 Å². The number of nitrogens with zero attached hydrogens (tertiary/aromatic N) is 2. The van der Waals surface area contributed by atoms with E-state index in [1.165, 1.54) is 5.56 Å². The van der Waals surface area contributed by atoms with Crippen LogP contribution < -0.4 is 4.74 Å². The lowest BCUT2D eigenvalue weighted by atomic mass is 10.1. The van der Waals surface area contributed by atoms with Gasteiger partial charge in [-0.2, -0.15) is 0 Å². The molecule has 2 heterocycles. The standard InChI is InChI=1S/C17H22N2O2/c1-12-7-15(21-2)8-14(18-12)10-19-9-13-5-3-4-6-17(20)16(13)11-19/h7-9,11,17,20H,3-6,10H2,1-2H3. The van der Waals surface area contributed by atoms with Gasteiger partial charge in [-0.3, -0.25) is 4.98 Å². The van der Waals surface area contributed by atoms with Gasteiger partial charge in [-0.15, -0.1) is 0 Å². The van der Waals surface area contributed by atoms with Crippen molar-refractivity contribution in [1.29, 1.82) is 0 Å². The first-order valence-corrected chi connectivity index (χ1v) is 7.54. The number of methoxy groups -OCH3 is 1. The minimum atomic E-state index is -0.316. The third kappa shape index (κ3) is 3.10.